The maximum atomic E-state index is 13.6. The van der Waals surface area contributed by atoms with Crippen LogP contribution >= 0.6 is 0 Å². The van der Waals surface area contributed by atoms with Gasteiger partial charge >= 0.3 is 0 Å². The number of hydrogen-bond acceptors (Lipinski definition) is 2. The number of benzene rings is 2. The molecule has 106 valence electrons. The van der Waals surface area contributed by atoms with E-state index in [2.05, 4.69) is 5.32 Å². The first-order chi connectivity index (χ1) is 9.42. The van der Waals surface area contributed by atoms with Gasteiger partial charge in [0.1, 0.15) is 34.6 Å². The minimum Gasteiger partial charge on any atom is -0.394 e. The third-order valence-electron chi connectivity index (χ3n) is 2.90. The fourth-order valence-corrected chi connectivity index (χ4v) is 1.94. The third kappa shape index (κ3) is 2.68. The normalized spacial score (nSPS) is 10.7. The Balaban J connectivity index is 2.35. The molecule has 2 rings (SSSR count). The van der Waals surface area contributed by atoms with Crippen molar-refractivity contribution in [3.8, 4) is 0 Å². The van der Waals surface area contributed by atoms with Crippen molar-refractivity contribution in [1.82, 2.24) is 0 Å². The number of halogens is 4. The van der Waals surface area contributed by atoms with Gasteiger partial charge in [0.2, 0.25) is 0 Å². The molecule has 2 nitrogen and oxygen atoms in total. The Bertz CT molecular complexity index is 610. The molecule has 0 heterocycles. The van der Waals surface area contributed by atoms with Gasteiger partial charge in [0.15, 0.2) is 0 Å². The molecule has 0 unspecified atom stereocenters. The lowest BCUT2D eigenvalue weighted by atomic mass is 10.0. The van der Waals surface area contributed by atoms with Crippen LogP contribution in [-0.4, -0.2) is 7.05 Å². The summed E-state index contributed by atoms with van der Waals surface area (Å²) in [6, 6.07) is 4.31. The van der Waals surface area contributed by atoms with Crippen molar-refractivity contribution in [1.29, 1.82) is 0 Å². The summed E-state index contributed by atoms with van der Waals surface area (Å²) < 4.78 is 53.7. The molecule has 6 heteroatoms. The lowest BCUT2D eigenvalue weighted by molar-refractivity contribution is 0.585. The van der Waals surface area contributed by atoms with Gasteiger partial charge in [-0.25, -0.2) is 17.6 Å². The maximum Gasteiger partial charge on any atom is 0.149 e. The van der Waals surface area contributed by atoms with Gasteiger partial charge < -0.3 is 11.1 Å². The fraction of sp³-hybridized carbons (Fsp3) is 0.143. The number of nitrogens with one attached hydrogen (secondary N) is 1. The van der Waals surface area contributed by atoms with E-state index in [4.69, 9.17) is 5.73 Å². The molecule has 0 aliphatic carbocycles. The Morgan fingerprint density at radius 1 is 0.850 bits per heavy atom. The van der Waals surface area contributed by atoms with Crippen molar-refractivity contribution in [3.05, 3.63) is 58.7 Å². The summed E-state index contributed by atoms with van der Waals surface area (Å²) in [7, 11) is 1.39. The van der Waals surface area contributed by atoms with E-state index in [9.17, 15) is 17.6 Å². The van der Waals surface area contributed by atoms with E-state index < -0.39 is 29.0 Å². The first-order valence-corrected chi connectivity index (χ1v) is 5.81. The molecule has 0 bridgehead atoms. The van der Waals surface area contributed by atoms with Crippen molar-refractivity contribution < 1.29 is 17.6 Å². The van der Waals surface area contributed by atoms with Crippen molar-refractivity contribution >= 4 is 11.4 Å². The topological polar surface area (TPSA) is 38.0 Å². The fourth-order valence-electron chi connectivity index (χ4n) is 1.94. The smallest absolute Gasteiger partial charge is 0.149 e. The number of rotatable bonds is 3. The van der Waals surface area contributed by atoms with Gasteiger partial charge in [0.05, 0.1) is 0 Å². The Morgan fingerprint density at radius 3 is 1.65 bits per heavy atom. The van der Waals surface area contributed by atoms with Crippen LogP contribution in [0.15, 0.2) is 24.3 Å². The molecule has 2 aromatic carbocycles. The van der Waals surface area contributed by atoms with Crippen molar-refractivity contribution in [2.24, 2.45) is 0 Å². The standard InChI is InChI=1S/C14H12F4N2/c1-20-14-11(17)5-8(6-12(14)18)2-7-3-9(15)13(19)10(16)4-7/h3-6,20H,2,19H2,1H3. The van der Waals surface area contributed by atoms with Gasteiger partial charge in [0, 0.05) is 7.05 Å². The van der Waals surface area contributed by atoms with Gasteiger partial charge in [-0.2, -0.15) is 0 Å². The predicted octanol–water partition coefficient (Wildman–Crippen LogP) is 3.46. The highest BCUT2D eigenvalue weighted by Gasteiger charge is 2.12. The van der Waals surface area contributed by atoms with Crippen molar-refractivity contribution in [2.75, 3.05) is 18.1 Å². The van der Waals surface area contributed by atoms with Crippen molar-refractivity contribution in [3.63, 3.8) is 0 Å². The molecule has 0 saturated heterocycles. The van der Waals surface area contributed by atoms with E-state index in [1.807, 2.05) is 0 Å². The minimum absolute atomic E-state index is 0.00798. The zero-order valence-corrected chi connectivity index (χ0v) is 10.6. The van der Waals surface area contributed by atoms with Crippen molar-refractivity contribution in [2.45, 2.75) is 6.42 Å². The zero-order valence-electron chi connectivity index (χ0n) is 10.6. The van der Waals surface area contributed by atoms with Crippen LogP contribution in [0.3, 0.4) is 0 Å². The molecule has 0 aliphatic heterocycles. The van der Waals surface area contributed by atoms with Gasteiger partial charge in [-0.1, -0.05) is 0 Å². The number of nitrogen functional groups attached to an aromatic ring is 1. The highest BCUT2D eigenvalue weighted by atomic mass is 19.1. The van der Waals surface area contributed by atoms with Gasteiger partial charge in [-0.05, 0) is 41.8 Å². The molecule has 0 saturated carbocycles. The predicted molar refractivity (Wildman–Crippen MR) is 69.5 cm³/mol. The maximum absolute atomic E-state index is 13.6. The molecule has 0 amide bonds. The van der Waals surface area contributed by atoms with Crippen LogP contribution in [0.1, 0.15) is 11.1 Å². The molecular weight excluding hydrogens is 272 g/mol. The van der Waals surface area contributed by atoms with E-state index >= 15 is 0 Å². The summed E-state index contributed by atoms with van der Waals surface area (Å²) in [6.45, 7) is 0. The molecule has 0 aliphatic rings. The Morgan fingerprint density at radius 2 is 1.25 bits per heavy atom. The van der Waals surface area contributed by atoms with Gasteiger partial charge in [-0.3, -0.25) is 0 Å². The Kier molecular flexibility index (Phi) is 3.83. The van der Waals surface area contributed by atoms with E-state index in [-0.39, 0.29) is 23.2 Å². The summed E-state index contributed by atoms with van der Waals surface area (Å²) >= 11 is 0. The van der Waals surface area contributed by atoms with Crippen LogP contribution in [0.25, 0.3) is 0 Å². The first kappa shape index (κ1) is 14.2. The number of hydrogen-bond donors (Lipinski definition) is 2. The lowest BCUT2D eigenvalue weighted by Crippen LogP contribution is -2.01. The molecule has 2 aromatic rings. The molecule has 0 spiro atoms. The average molecular weight is 284 g/mol. The number of nitrogens with two attached hydrogens (primary N) is 1. The largest absolute Gasteiger partial charge is 0.394 e. The minimum atomic E-state index is -0.896. The van der Waals surface area contributed by atoms with Crippen LogP contribution in [0.4, 0.5) is 28.9 Å². The van der Waals surface area contributed by atoms with E-state index in [1.54, 1.807) is 0 Å². The number of anilines is 2. The SMILES string of the molecule is CNc1c(F)cc(Cc2cc(F)c(N)c(F)c2)cc1F. The van der Waals surface area contributed by atoms with Crippen LogP contribution in [0, 0.1) is 23.3 Å². The first-order valence-electron chi connectivity index (χ1n) is 5.81. The summed E-state index contributed by atoms with van der Waals surface area (Å²) in [5.74, 6) is -3.32. The molecule has 0 radical (unpaired) electrons. The zero-order chi connectivity index (χ0) is 14.9. The summed E-state index contributed by atoms with van der Waals surface area (Å²) in [4.78, 5) is 0. The molecule has 3 N–H and O–H groups in total. The summed E-state index contributed by atoms with van der Waals surface area (Å²) in [6.07, 6.45) is -0.00798. The lowest BCUT2D eigenvalue weighted by Gasteiger charge is -2.09. The molecule has 20 heavy (non-hydrogen) atoms. The molecule has 0 aromatic heterocycles. The second-order valence-corrected chi connectivity index (χ2v) is 4.33. The van der Waals surface area contributed by atoms with Crippen LogP contribution in [-0.2, 0) is 6.42 Å². The highest BCUT2D eigenvalue weighted by Crippen LogP contribution is 2.24. The average Bonchev–Trinajstić information content (AvgIpc) is 2.35. The van der Waals surface area contributed by atoms with Gasteiger partial charge in [-0.15, -0.1) is 0 Å². The second kappa shape index (κ2) is 5.40. The molecule has 0 atom stereocenters. The Labute approximate surface area is 113 Å². The van der Waals surface area contributed by atoms with E-state index in [0.29, 0.717) is 0 Å². The molecule has 0 fully saturated rings. The van der Waals surface area contributed by atoms with Crippen LogP contribution < -0.4 is 11.1 Å². The van der Waals surface area contributed by atoms with Crippen LogP contribution in [0.2, 0.25) is 0 Å². The summed E-state index contributed by atoms with van der Waals surface area (Å²) in [5, 5.41) is 2.39. The quantitative estimate of drug-likeness (QED) is 0.669. The van der Waals surface area contributed by atoms with E-state index in [1.165, 1.54) is 7.05 Å². The summed E-state index contributed by atoms with van der Waals surface area (Å²) in [5.41, 5.74) is 4.84. The molecular formula is C14H12F4N2. The van der Waals surface area contributed by atoms with E-state index in [0.717, 1.165) is 24.3 Å². The van der Waals surface area contributed by atoms with Crippen LogP contribution in [0.5, 0.6) is 0 Å². The third-order valence-corrected chi connectivity index (χ3v) is 2.90. The monoisotopic (exact) mass is 284 g/mol. The highest BCUT2D eigenvalue weighted by molar-refractivity contribution is 5.49. The van der Waals surface area contributed by atoms with Gasteiger partial charge in [0.25, 0.3) is 0 Å². The Hall–Kier alpha value is -2.24. The second-order valence-electron chi connectivity index (χ2n) is 4.33.